The molecule has 90 valence electrons. The van der Waals surface area contributed by atoms with Gasteiger partial charge in [-0.3, -0.25) is 4.68 Å². The Morgan fingerprint density at radius 2 is 2.06 bits per heavy atom. The van der Waals surface area contributed by atoms with Crippen LogP contribution in [0.15, 0.2) is 6.07 Å². The van der Waals surface area contributed by atoms with Crippen LogP contribution in [0.4, 0.5) is 0 Å². The molecule has 0 radical (unpaired) electrons. The summed E-state index contributed by atoms with van der Waals surface area (Å²) in [7, 11) is 3.88. The predicted molar refractivity (Wildman–Crippen MR) is 61.2 cm³/mol. The lowest BCUT2D eigenvalue weighted by Gasteiger charge is -2.06. The zero-order chi connectivity index (χ0) is 12.2. The first-order chi connectivity index (χ1) is 8.06. The molecule has 0 bridgehead atoms. The second kappa shape index (κ2) is 3.41. The summed E-state index contributed by atoms with van der Waals surface area (Å²) in [5.41, 5.74) is 3.98. The number of hydrogen-bond donors (Lipinski definition) is 1. The van der Waals surface area contributed by atoms with Crippen LogP contribution in [0.25, 0.3) is 11.5 Å². The maximum Gasteiger partial charge on any atom is 0.160 e. The van der Waals surface area contributed by atoms with Crippen LogP contribution < -0.4 is 0 Å². The maximum absolute atomic E-state index is 9.43. The monoisotopic (exact) mass is 233 g/mol. The van der Waals surface area contributed by atoms with E-state index in [2.05, 4.69) is 10.1 Å². The van der Waals surface area contributed by atoms with Crippen LogP contribution in [0.5, 0.6) is 0 Å². The van der Waals surface area contributed by atoms with Crippen molar-refractivity contribution in [3.63, 3.8) is 0 Å². The van der Waals surface area contributed by atoms with E-state index in [1.165, 1.54) is 5.06 Å². The molecule has 1 N–H and O–H groups in total. The SMILES string of the molecule is Cc1cc(-c2nc3c(n2C)CN(O)C3)nn1C. The summed E-state index contributed by atoms with van der Waals surface area (Å²) in [5.74, 6) is 0.867. The van der Waals surface area contributed by atoms with E-state index in [1.807, 2.05) is 36.3 Å². The molecule has 0 aromatic carbocycles. The number of aromatic nitrogens is 4. The average molecular weight is 233 g/mol. The number of hydrogen-bond acceptors (Lipinski definition) is 4. The molecule has 3 rings (SSSR count). The van der Waals surface area contributed by atoms with Gasteiger partial charge >= 0.3 is 0 Å². The minimum Gasteiger partial charge on any atom is -0.328 e. The molecule has 2 aromatic rings. The smallest absolute Gasteiger partial charge is 0.160 e. The first-order valence-electron chi connectivity index (χ1n) is 5.55. The van der Waals surface area contributed by atoms with E-state index in [0.29, 0.717) is 13.1 Å². The third-order valence-corrected chi connectivity index (χ3v) is 3.30. The van der Waals surface area contributed by atoms with Crippen LogP contribution in [-0.4, -0.2) is 29.6 Å². The molecule has 0 aliphatic carbocycles. The van der Waals surface area contributed by atoms with Gasteiger partial charge in [-0.05, 0) is 13.0 Å². The van der Waals surface area contributed by atoms with E-state index in [4.69, 9.17) is 0 Å². The summed E-state index contributed by atoms with van der Waals surface area (Å²) < 4.78 is 3.85. The van der Waals surface area contributed by atoms with Crippen molar-refractivity contribution in [2.24, 2.45) is 14.1 Å². The zero-order valence-electron chi connectivity index (χ0n) is 10.2. The van der Waals surface area contributed by atoms with Crippen LogP contribution in [0.1, 0.15) is 17.1 Å². The van der Waals surface area contributed by atoms with E-state index in [0.717, 1.165) is 28.6 Å². The molecular formula is C11H15N5O. The van der Waals surface area contributed by atoms with Gasteiger partial charge in [-0.25, -0.2) is 4.98 Å². The number of nitrogens with zero attached hydrogens (tertiary/aromatic N) is 5. The Labute approximate surface area is 99.1 Å². The number of imidazole rings is 1. The van der Waals surface area contributed by atoms with Gasteiger partial charge in [0, 0.05) is 19.8 Å². The van der Waals surface area contributed by atoms with Gasteiger partial charge in [0.05, 0.1) is 24.5 Å². The molecular weight excluding hydrogens is 218 g/mol. The summed E-state index contributed by atoms with van der Waals surface area (Å²) in [4.78, 5) is 4.55. The molecule has 0 fully saturated rings. The summed E-state index contributed by atoms with van der Waals surface area (Å²) >= 11 is 0. The average Bonchev–Trinajstić information content (AvgIpc) is 2.86. The highest BCUT2D eigenvalue weighted by Gasteiger charge is 2.25. The third kappa shape index (κ3) is 1.49. The number of hydroxylamine groups is 2. The lowest BCUT2D eigenvalue weighted by Crippen LogP contribution is -2.12. The molecule has 0 spiro atoms. The first-order valence-corrected chi connectivity index (χ1v) is 5.55. The van der Waals surface area contributed by atoms with Gasteiger partial charge in [0.25, 0.3) is 0 Å². The highest BCUT2D eigenvalue weighted by atomic mass is 16.5. The Morgan fingerprint density at radius 3 is 2.65 bits per heavy atom. The summed E-state index contributed by atoms with van der Waals surface area (Å²) in [5, 5.41) is 15.1. The molecule has 0 saturated heterocycles. The van der Waals surface area contributed by atoms with Crippen LogP contribution >= 0.6 is 0 Å². The van der Waals surface area contributed by atoms with Crippen molar-refractivity contribution in [1.29, 1.82) is 0 Å². The van der Waals surface area contributed by atoms with Gasteiger partial charge in [-0.15, -0.1) is 0 Å². The fourth-order valence-electron chi connectivity index (χ4n) is 2.21. The Hall–Kier alpha value is -1.66. The normalized spacial score (nSPS) is 15.5. The van der Waals surface area contributed by atoms with Crippen molar-refractivity contribution in [2.75, 3.05) is 0 Å². The second-order valence-electron chi connectivity index (χ2n) is 4.51. The molecule has 17 heavy (non-hydrogen) atoms. The quantitative estimate of drug-likeness (QED) is 0.792. The predicted octanol–water partition coefficient (Wildman–Crippen LogP) is 0.834. The highest BCUT2D eigenvalue weighted by Crippen LogP contribution is 2.26. The fraction of sp³-hybridized carbons (Fsp3) is 0.455. The molecule has 6 heteroatoms. The van der Waals surface area contributed by atoms with E-state index < -0.39 is 0 Å². The summed E-state index contributed by atoms with van der Waals surface area (Å²) in [6.45, 7) is 3.04. The number of fused-ring (bicyclic) bond motifs is 1. The minimum absolute atomic E-state index is 0.495. The van der Waals surface area contributed by atoms with Crippen LogP contribution in [0.2, 0.25) is 0 Å². The van der Waals surface area contributed by atoms with Crippen LogP contribution in [0, 0.1) is 6.92 Å². The Morgan fingerprint density at radius 1 is 1.29 bits per heavy atom. The number of rotatable bonds is 1. The molecule has 0 amide bonds. The van der Waals surface area contributed by atoms with E-state index in [-0.39, 0.29) is 0 Å². The summed E-state index contributed by atoms with van der Waals surface area (Å²) in [6.07, 6.45) is 0. The topological polar surface area (TPSA) is 59.1 Å². The van der Waals surface area contributed by atoms with Gasteiger partial charge in [0.2, 0.25) is 0 Å². The molecule has 1 aliphatic rings. The first kappa shape index (κ1) is 10.5. The molecule has 3 heterocycles. The third-order valence-electron chi connectivity index (χ3n) is 3.30. The van der Waals surface area contributed by atoms with Crippen LogP contribution in [0.3, 0.4) is 0 Å². The minimum atomic E-state index is 0.495. The molecule has 0 atom stereocenters. The van der Waals surface area contributed by atoms with Crippen LogP contribution in [-0.2, 0) is 27.2 Å². The Balaban J connectivity index is 2.09. The molecule has 0 unspecified atom stereocenters. The second-order valence-corrected chi connectivity index (χ2v) is 4.51. The molecule has 6 nitrogen and oxygen atoms in total. The van der Waals surface area contributed by atoms with Gasteiger partial charge in [-0.2, -0.15) is 10.2 Å². The van der Waals surface area contributed by atoms with Gasteiger partial charge in [-0.1, -0.05) is 0 Å². The van der Waals surface area contributed by atoms with Crippen molar-refractivity contribution in [1.82, 2.24) is 24.4 Å². The fourth-order valence-corrected chi connectivity index (χ4v) is 2.21. The molecule has 0 saturated carbocycles. The molecule has 2 aromatic heterocycles. The van der Waals surface area contributed by atoms with Crippen molar-refractivity contribution in [3.8, 4) is 11.5 Å². The van der Waals surface area contributed by atoms with E-state index in [9.17, 15) is 5.21 Å². The number of aryl methyl sites for hydroxylation is 2. The van der Waals surface area contributed by atoms with E-state index >= 15 is 0 Å². The van der Waals surface area contributed by atoms with Gasteiger partial charge in [0.1, 0.15) is 5.69 Å². The summed E-state index contributed by atoms with van der Waals surface area (Å²) in [6, 6.07) is 2.02. The molecule has 1 aliphatic heterocycles. The van der Waals surface area contributed by atoms with Gasteiger partial charge < -0.3 is 9.77 Å². The van der Waals surface area contributed by atoms with E-state index in [1.54, 1.807) is 0 Å². The Kier molecular flexibility index (Phi) is 2.11. The van der Waals surface area contributed by atoms with Crippen molar-refractivity contribution >= 4 is 0 Å². The van der Waals surface area contributed by atoms with Crippen molar-refractivity contribution in [3.05, 3.63) is 23.1 Å². The van der Waals surface area contributed by atoms with Gasteiger partial charge in [0.15, 0.2) is 5.82 Å². The van der Waals surface area contributed by atoms with Crippen molar-refractivity contribution in [2.45, 2.75) is 20.0 Å². The Bertz CT molecular complexity index is 563. The standard InChI is InChI=1S/C11H15N5O/c1-7-4-8(13-15(7)3)11-12-9-5-16(17)6-10(9)14(11)2/h4,17H,5-6H2,1-3H3. The van der Waals surface area contributed by atoms with Crippen molar-refractivity contribution < 1.29 is 5.21 Å². The lowest BCUT2D eigenvalue weighted by atomic mass is 10.3. The largest absolute Gasteiger partial charge is 0.328 e. The lowest BCUT2D eigenvalue weighted by molar-refractivity contribution is -0.0984. The highest BCUT2D eigenvalue weighted by molar-refractivity contribution is 5.52. The zero-order valence-corrected chi connectivity index (χ0v) is 10.2. The maximum atomic E-state index is 9.43.